The van der Waals surface area contributed by atoms with Crippen molar-refractivity contribution in [2.75, 3.05) is 24.5 Å². The van der Waals surface area contributed by atoms with Crippen molar-refractivity contribution in [1.29, 1.82) is 0 Å². The van der Waals surface area contributed by atoms with Crippen molar-refractivity contribution in [1.82, 2.24) is 10.2 Å². The quantitative estimate of drug-likeness (QED) is 0.159. The van der Waals surface area contributed by atoms with Crippen LogP contribution in [-0.4, -0.2) is 56.3 Å². The fraction of sp³-hybridized carbons (Fsp3) is 0.333. The van der Waals surface area contributed by atoms with Gasteiger partial charge in [-0.25, -0.2) is 12.8 Å². The van der Waals surface area contributed by atoms with Crippen LogP contribution in [0.3, 0.4) is 0 Å². The largest absolute Gasteiger partial charge is 0.497 e. The first-order valence-corrected chi connectivity index (χ1v) is 15.1. The van der Waals surface area contributed by atoms with Crippen molar-refractivity contribution in [3.63, 3.8) is 0 Å². The number of anilines is 1. The van der Waals surface area contributed by atoms with E-state index >= 15 is 0 Å². The maximum absolute atomic E-state index is 14.7. The molecule has 43 heavy (non-hydrogen) atoms. The fourth-order valence-corrected chi connectivity index (χ4v) is 5.71. The number of aryl methyl sites for hydroxylation is 1. The van der Waals surface area contributed by atoms with E-state index in [-0.39, 0.29) is 23.4 Å². The van der Waals surface area contributed by atoms with Gasteiger partial charge < -0.3 is 15.0 Å². The Morgan fingerprint density at radius 3 is 2.37 bits per heavy atom. The van der Waals surface area contributed by atoms with Gasteiger partial charge in [-0.3, -0.25) is 24.0 Å². The minimum absolute atomic E-state index is 0.0725. The number of nitro benzene ring substituents is 1. The van der Waals surface area contributed by atoms with Crippen LogP contribution in [0.1, 0.15) is 37.8 Å². The van der Waals surface area contributed by atoms with Crippen LogP contribution in [0.4, 0.5) is 15.8 Å². The van der Waals surface area contributed by atoms with Gasteiger partial charge in [0.1, 0.15) is 24.2 Å². The number of amides is 2. The number of nitro groups is 1. The molecule has 1 N–H and O–H groups in total. The molecule has 11 nitrogen and oxygen atoms in total. The Hall–Kier alpha value is -4.52. The number of rotatable bonds is 14. The number of sulfonamides is 1. The van der Waals surface area contributed by atoms with E-state index < -0.39 is 55.7 Å². The average molecular weight is 615 g/mol. The van der Waals surface area contributed by atoms with Crippen LogP contribution in [0, 0.1) is 22.9 Å². The molecule has 0 saturated carbocycles. The molecule has 230 valence electrons. The number of nitrogens with one attached hydrogen (secondary N) is 1. The van der Waals surface area contributed by atoms with Crippen molar-refractivity contribution >= 4 is 33.2 Å². The third-order valence-corrected chi connectivity index (χ3v) is 8.67. The molecule has 0 radical (unpaired) electrons. The molecule has 0 saturated heterocycles. The van der Waals surface area contributed by atoms with Crippen molar-refractivity contribution in [2.24, 2.45) is 0 Å². The van der Waals surface area contributed by atoms with Crippen LogP contribution in [0.15, 0.2) is 71.6 Å². The first-order valence-electron chi connectivity index (χ1n) is 13.6. The van der Waals surface area contributed by atoms with Gasteiger partial charge in [0.15, 0.2) is 0 Å². The van der Waals surface area contributed by atoms with E-state index in [1.165, 1.54) is 75.6 Å². The molecule has 13 heteroatoms. The van der Waals surface area contributed by atoms with Crippen molar-refractivity contribution in [3.8, 4) is 5.75 Å². The number of benzene rings is 3. The molecule has 0 spiro atoms. The lowest BCUT2D eigenvalue weighted by molar-refractivity contribution is -0.385. The zero-order valence-corrected chi connectivity index (χ0v) is 25.3. The zero-order chi connectivity index (χ0) is 31.7. The van der Waals surface area contributed by atoms with Crippen molar-refractivity contribution in [3.05, 3.63) is 93.8 Å². The molecule has 0 bridgehead atoms. The molecule has 0 fully saturated rings. The fourth-order valence-electron chi connectivity index (χ4n) is 4.28. The van der Waals surface area contributed by atoms with Crippen molar-refractivity contribution in [2.45, 2.75) is 51.1 Å². The first-order chi connectivity index (χ1) is 20.4. The second-order valence-corrected chi connectivity index (χ2v) is 11.7. The number of ether oxygens (including phenoxy) is 1. The van der Waals surface area contributed by atoms with Gasteiger partial charge in [0.2, 0.25) is 11.8 Å². The number of carbonyl (C=O) groups excluding carboxylic acids is 2. The molecule has 0 unspecified atom stereocenters. The van der Waals surface area contributed by atoms with E-state index in [1.54, 1.807) is 6.07 Å². The van der Waals surface area contributed by atoms with E-state index in [4.69, 9.17) is 4.74 Å². The highest BCUT2D eigenvalue weighted by molar-refractivity contribution is 7.92. The molecule has 0 aliphatic heterocycles. The lowest BCUT2D eigenvalue weighted by atomic mass is 10.1. The van der Waals surface area contributed by atoms with Gasteiger partial charge in [-0.2, -0.15) is 0 Å². The van der Waals surface area contributed by atoms with Gasteiger partial charge in [0, 0.05) is 30.3 Å². The second-order valence-electron chi connectivity index (χ2n) is 9.85. The summed E-state index contributed by atoms with van der Waals surface area (Å²) in [5.41, 5.74) is 0.0657. The van der Waals surface area contributed by atoms with Crippen molar-refractivity contribution < 1.29 is 32.1 Å². The Morgan fingerprint density at radius 2 is 1.77 bits per heavy atom. The summed E-state index contributed by atoms with van der Waals surface area (Å²) in [4.78, 5) is 38.5. The second kappa shape index (κ2) is 14.6. The maximum atomic E-state index is 14.7. The predicted molar refractivity (Wildman–Crippen MR) is 160 cm³/mol. The molecule has 0 aliphatic rings. The van der Waals surface area contributed by atoms with Crippen LogP contribution in [-0.2, 0) is 26.2 Å². The molecule has 1 atom stereocenters. The third-order valence-electron chi connectivity index (χ3n) is 6.90. The summed E-state index contributed by atoms with van der Waals surface area (Å²) in [6.07, 6.45) is 1.55. The lowest BCUT2D eigenvalue weighted by Gasteiger charge is -2.32. The van der Waals surface area contributed by atoms with Gasteiger partial charge in [0.25, 0.3) is 15.7 Å². The molecular weight excluding hydrogens is 579 g/mol. The van der Waals surface area contributed by atoms with Crippen LogP contribution in [0.2, 0.25) is 0 Å². The number of hydrogen-bond donors (Lipinski definition) is 1. The van der Waals surface area contributed by atoms with Crippen LogP contribution in [0.25, 0.3) is 0 Å². The zero-order valence-electron chi connectivity index (χ0n) is 24.4. The number of hydrogen-bond acceptors (Lipinski definition) is 7. The minimum atomic E-state index is -4.55. The normalized spacial score (nSPS) is 11.8. The summed E-state index contributed by atoms with van der Waals surface area (Å²) in [5.74, 6) is -1.43. The molecule has 3 aromatic carbocycles. The number of methoxy groups -OCH3 is 1. The predicted octanol–water partition coefficient (Wildman–Crippen LogP) is 4.58. The monoisotopic (exact) mass is 614 g/mol. The Morgan fingerprint density at radius 1 is 1.09 bits per heavy atom. The summed E-state index contributed by atoms with van der Waals surface area (Å²) in [6.45, 7) is 4.21. The molecule has 0 aliphatic carbocycles. The Balaban J connectivity index is 2.08. The summed E-state index contributed by atoms with van der Waals surface area (Å²) < 4.78 is 48.6. The third kappa shape index (κ3) is 8.07. The SMILES string of the molecule is CCCCNC(=O)[C@H](C)N(Cc1ccccc1F)C(=O)CN(c1ccc(OC)cc1)S(=O)(=O)c1ccc(C)c([N+](=O)[O-])c1. The molecule has 0 heterocycles. The molecule has 2 amide bonds. The standard InChI is InChI=1S/C30H35FN4O7S/c1-5-6-17-32-30(37)22(3)33(19-23-9-7-8-10-27(23)31)29(36)20-34(24-12-14-25(42-4)15-13-24)43(40,41)26-16-11-21(2)28(18-26)35(38)39/h7-16,18,22H,5-6,17,19-20H2,1-4H3,(H,32,37)/t22-/m0/s1. The molecule has 3 aromatic rings. The van der Waals surface area contributed by atoms with Gasteiger partial charge in [-0.05, 0) is 56.7 Å². The van der Waals surface area contributed by atoms with E-state index in [0.717, 1.165) is 21.7 Å². The Labute approximate surface area is 250 Å². The first kappa shape index (κ1) is 33.0. The van der Waals surface area contributed by atoms with E-state index in [9.17, 15) is 32.5 Å². The maximum Gasteiger partial charge on any atom is 0.273 e. The molecule has 3 rings (SSSR count). The van der Waals surface area contributed by atoms with E-state index in [0.29, 0.717) is 18.7 Å². The van der Waals surface area contributed by atoms with Crippen LogP contribution < -0.4 is 14.4 Å². The smallest absolute Gasteiger partial charge is 0.273 e. The highest BCUT2D eigenvalue weighted by Crippen LogP contribution is 2.29. The Kier molecular flexibility index (Phi) is 11.2. The van der Waals surface area contributed by atoms with Crippen LogP contribution >= 0.6 is 0 Å². The molecule has 0 aromatic heterocycles. The summed E-state index contributed by atoms with van der Waals surface area (Å²) in [7, 11) is -3.12. The summed E-state index contributed by atoms with van der Waals surface area (Å²) in [6, 6.07) is 14.0. The summed E-state index contributed by atoms with van der Waals surface area (Å²) in [5, 5.41) is 14.3. The number of unbranched alkanes of at least 4 members (excludes halogenated alkanes) is 1. The molecular formula is C30H35FN4O7S. The van der Waals surface area contributed by atoms with Gasteiger partial charge in [-0.1, -0.05) is 37.6 Å². The van der Waals surface area contributed by atoms with Gasteiger partial charge >= 0.3 is 0 Å². The minimum Gasteiger partial charge on any atom is -0.497 e. The van der Waals surface area contributed by atoms with Crippen LogP contribution in [0.5, 0.6) is 5.75 Å². The lowest BCUT2D eigenvalue weighted by Crippen LogP contribution is -2.51. The topological polar surface area (TPSA) is 139 Å². The average Bonchev–Trinajstić information content (AvgIpc) is 2.99. The number of halogens is 1. The van der Waals surface area contributed by atoms with E-state index in [1.807, 2.05) is 6.92 Å². The highest BCUT2D eigenvalue weighted by atomic mass is 32.2. The number of carbonyl (C=O) groups is 2. The van der Waals surface area contributed by atoms with Gasteiger partial charge in [0.05, 0.1) is 22.6 Å². The highest BCUT2D eigenvalue weighted by Gasteiger charge is 2.33. The van der Waals surface area contributed by atoms with E-state index in [2.05, 4.69) is 5.32 Å². The summed E-state index contributed by atoms with van der Waals surface area (Å²) >= 11 is 0. The number of nitrogens with zero attached hydrogens (tertiary/aromatic N) is 3. The Bertz CT molecular complexity index is 1560. The van der Waals surface area contributed by atoms with Gasteiger partial charge in [-0.15, -0.1) is 0 Å².